The maximum Gasteiger partial charge on any atom is 0.0907 e. The number of thiazole rings is 1. The molecule has 15 heavy (non-hydrogen) atoms. The van der Waals surface area contributed by atoms with E-state index in [-0.39, 0.29) is 0 Å². The Balaban J connectivity index is 2.22. The molecule has 0 aliphatic rings. The van der Waals surface area contributed by atoms with E-state index >= 15 is 0 Å². The monoisotopic (exact) mass is 220 g/mol. The molecule has 2 nitrogen and oxygen atoms in total. The lowest BCUT2D eigenvalue weighted by molar-refractivity contribution is 0.414. The molecular formula is C12H16N2S. The van der Waals surface area contributed by atoms with Gasteiger partial charge in [0.2, 0.25) is 0 Å². The lowest BCUT2D eigenvalue weighted by atomic mass is 10.1. The van der Waals surface area contributed by atoms with E-state index in [0.717, 1.165) is 23.5 Å². The Bertz CT molecular complexity index is 460. The summed E-state index contributed by atoms with van der Waals surface area (Å²) in [5, 5.41) is 1.15. The molecule has 0 unspecified atom stereocenters. The van der Waals surface area contributed by atoms with Crippen molar-refractivity contribution in [2.24, 2.45) is 0 Å². The molecule has 1 heterocycles. The minimum absolute atomic E-state index is 1.10. The Morgan fingerprint density at radius 2 is 2.13 bits per heavy atom. The van der Waals surface area contributed by atoms with Gasteiger partial charge in [-0.15, -0.1) is 11.3 Å². The summed E-state index contributed by atoms with van der Waals surface area (Å²) in [6.07, 6.45) is 1.11. The summed E-state index contributed by atoms with van der Waals surface area (Å²) in [6.45, 7) is 3.16. The summed E-state index contributed by atoms with van der Waals surface area (Å²) >= 11 is 1.78. The second-order valence-electron chi connectivity index (χ2n) is 4.09. The summed E-state index contributed by atoms with van der Waals surface area (Å²) in [5.74, 6) is 0. The normalized spacial score (nSPS) is 11.5. The summed E-state index contributed by atoms with van der Waals surface area (Å²) in [4.78, 5) is 6.67. The number of rotatable bonds is 3. The van der Waals surface area contributed by atoms with E-state index in [2.05, 4.69) is 49.1 Å². The Hall–Kier alpha value is -0.930. The van der Waals surface area contributed by atoms with E-state index in [1.165, 1.54) is 10.3 Å². The molecule has 80 valence electrons. The van der Waals surface area contributed by atoms with Crippen molar-refractivity contribution in [1.82, 2.24) is 9.88 Å². The van der Waals surface area contributed by atoms with Gasteiger partial charge in [-0.3, -0.25) is 0 Å². The van der Waals surface area contributed by atoms with E-state index < -0.39 is 0 Å². The lowest BCUT2D eigenvalue weighted by Gasteiger charge is -2.08. The molecule has 0 saturated carbocycles. The molecule has 1 aromatic heterocycles. The summed E-state index contributed by atoms with van der Waals surface area (Å²) in [7, 11) is 4.21. The van der Waals surface area contributed by atoms with E-state index in [9.17, 15) is 0 Å². The number of fused-ring (bicyclic) bond motifs is 1. The number of benzene rings is 1. The van der Waals surface area contributed by atoms with Crippen LogP contribution in [0, 0.1) is 6.92 Å². The highest BCUT2D eigenvalue weighted by molar-refractivity contribution is 7.18. The van der Waals surface area contributed by atoms with Gasteiger partial charge in [0.15, 0.2) is 0 Å². The van der Waals surface area contributed by atoms with Crippen LogP contribution in [0.4, 0.5) is 0 Å². The smallest absolute Gasteiger partial charge is 0.0907 e. The molecule has 0 saturated heterocycles. The van der Waals surface area contributed by atoms with Crippen LogP contribution >= 0.6 is 11.3 Å². The number of likely N-dealkylation sites (N-methyl/N-ethyl adjacent to an activating group) is 1. The quantitative estimate of drug-likeness (QED) is 0.790. The molecule has 0 amide bonds. The number of aromatic nitrogens is 1. The van der Waals surface area contributed by atoms with Crippen molar-refractivity contribution in [3.63, 3.8) is 0 Å². The SMILES string of the molecule is Cc1nc2ccc(CCN(C)C)cc2s1. The first-order valence-corrected chi connectivity index (χ1v) is 5.97. The second-order valence-corrected chi connectivity index (χ2v) is 5.32. The predicted molar refractivity (Wildman–Crippen MR) is 66.6 cm³/mol. The molecule has 0 bridgehead atoms. The van der Waals surface area contributed by atoms with Gasteiger partial charge in [-0.1, -0.05) is 6.07 Å². The Morgan fingerprint density at radius 3 is 2.87 bits per heavy atom. The lowest BCUT2D eigenvalue weighted by Crippen LogP contribution is -2.14. The zero-order chi connectivity index (χ0) is 10.8. The van der Waals surface area contributed by atoms with Crippen LogP contribution in [0.25, 0.3) is 10.2 Å². The standard InChI is InChI=1S/C12H16N2S/c1-9-13-11-5-4-10(6-7-14(2)3)8-12(11)15-9/h4-5,8H,6-7H2,1-3H3. The molecule has 0 aliphatic heterocycles. The van der Waals surface area contributed by atoms with Gasteiger partial charge in [-0.2, -0.15) is 0 Å². The highest BCUT2D eigenvalue weighted by Gasteiger charge is 2.01. The molecule has 2 aromatic rings. The number of hydrogen-bond acceptors (Lipinski definition) is 3. The Kier molecular flexibility index (Phi) is 3.03. The van der Waals surface area contributed by atoms with Gasteiger partial charge < -0.3 is 4.90 Å². The fraction of sp³-hybridized carbons (Fsp3) is 0.417. The van der Waals surface area contributed by atoms with Crippen LogP contribution in [0.3, 0.4) is 0 Å². The third-order valence-electron chi connectivity index (χ3n) is 2.41. The summed E-state index contributed by atoms with van der Waals surface area (Å²) < 4.78 is 1.31. The van der Waals surface area contributed by atoms with Crippen LogP contribution in [0.2, 0.25) is 0 Å². The van der Waals surface area contributed by atoms with Crippen molar-refractivity contribution in [2.45, 2.75) is 13.3 Å². The van der Waals surface area contributed by atoms with Gasteiger partial charge in [0.25, 0.3) is 0 Å². The third-order valence-corrected chi connectivity index (χ3v) is 3.34. The van der Waals surface area contributed by atoms with E-state index in [1.54, 1.807) is 11.3 Å². The Labute approximate surface area is 94.6 Å². The van der Waals surface area contributed by atoms with Gasteiger partial charge >= 0.3 is 0 Å². The molecule has 1 aromatic carbocycles. The first-order valence-electron chi connectivity index (χ1n) is 5.16. The van der Waals surface area contributed by atoms with Gasteiger partial charge in [0.1, 0.15) is 0 Å². The average molecular weight is 220 g/mol. The largest absolute Gasteiger partial charge is 0.309 e. The molecule has 0 N–H and O–H groups in total. The average Bonchev–Trinajstić information content (AvgIpc) is 2.53. The molecule has 0 radical (unpaired) electrons. The van der Waals surface area contributed by atoms with Crippen molar-refractivity contribution < 1.29 is 0 Å². The van der Waals surface area contributed by atoms with Crippen molar-refractivity contribution in [3.05, 3.63) is 28.8 Å². The topological polar surface area (TPSA) is 16.1 Å². The predicted octanol–water partition coefficient (Wildman–Crippen LogP) is 2.71. The summed E-state index contributed by atoms with van der Waals surface area (Å²) in [6, 6.07) is 6.58. The van der Waals surface area contributed by atoms with Crippen LogP contribution < -0.4 is 0 Å². The second kappa shape index (κ2) is 4.29. The molecule has 2 rings (SSSR count). The van der Waals surface area contributed by atoms with E-state index in [1.807, 2.05) is 0 Å². The van der Waals surface area contributed by atoms with E-state index in [4.69, 9.17) is 0 Å². The number of nitrogens with zero attached hydrogens (tertiary/aromatic N) is 2. The molecule has 0 aliphatic carbocycles. The van der Waals surface area contributed by atoms with Crippen LogP contribution in [-0.4, -0.2) is 30.5 Å². The van der Waals surface area contributed by atoms with Crippen molar-refractivity contribution in [2.75, 3.05) is 20.6 Å². The van der Waals surface area contributed by atoms with Crippen molar-refractivity contribution in [3.8, 4) is 0 Å². The van der Waals surface area contributed by atoms with Crippen LogP contribution in [-0.2, 0) is 6.42 Å². The molecular weight excluding hydrogens is 204 g/mol. The van der Waals surface area contributed by atoms with E-state index in [0.29, 0.717) is 0 Å². The fourth-order valence-electron chi connectivity index (χ4n) is 1.59. The zero-order valence-electron chi connectivity index (χ0n) is 9.45. The van der Waals surface area contributed by atoms with Crippen molar-refractivity contribution in [1.29, 1.82) is 0 Å². The van der Waals surface area contributed by atoms with Crippen LogP contribution in [0.1, 0.15) is 10.6 Å². The highest BCUT2D eigenvalue weighted by Crippen LogP contribution is 2.22. The minimum atomic E-state index is 1.10. The number of aryl methyl sites for hydroxylation is 1. The van der Waals surface area contributed by atoms with Crippen LogP contribution in [0.15, 0.2) is 18.2 Å². The first kappa shape index (κ1) is 10.6. The van der Waals surface area contributed by atoms with Gasteiger partial charge in [-0.05, 0) is 45.1 Å². The van der Waals surface area contributed by atoms with Gasteiger partial charge in [0.05, 0.1) is 15.2 Å². The highest BCUT2D eigenvalue weighted by atomic mass is 32.1. The maximum absolute atomic E-state index is 4.46. The molecule has 0 fully saturated rings. The molecule has 0 atom stereocenters. The molecule has 3 heteroatoms. The number of hydrogen-bond donors (Lipinski definition) is 0. The minimum Gasteiger partial charge on any atom is -0.309 e. The van der Waals surface area contributed by atoms with Crippen LogP contribution in [0.5, 0.6) is 0 Å². The third kappa shape index (κ3) is 2.55. The Morgan fingerprint density at radius 1 is 1.33 bits per heavy atom. The van der Waals surface area contributed by atoms with Gasteiger partial charge in [0, 0.05) is 6.54 Å². The first-order chi connectivity index (χ1) is 7.15. The maximum atomic E-state index is 4.46. The summed E-state index contributed by atoms with van der Waals surface area (Å²) in [5.41, 5.74) is 2.53. The molecule has 0 spiro atoms. The fourth-order valence-corrected chi connectivity index (χ4v) is 2.48. The van der Waals surface area contributed by atoms with Gasteiger partial charge in [-0.25, -0.2) is 4.98 Å². The van der Waals surface area contributed by atoms with Crippen molar-refractivity contribution >= 4 is 21.6 Å². The zero-order valence-corrected chi connectivity index (χ0v) is 10.3.